The molecule has 0 atom stereocenters. The van der Waals surface area contributed by atoms with Crippen molar-refractivity contribution in [3.8, 4) is 28.7 Å². The molecule has 0 heterocycles. The minimum Gasteiger partial charge on any atom is -0.507 e. The Morgan fingerprint density at radius 1 is 1.12 bits per heavy atom. The van der Waals surface area contributed by atoms with Crippen molar-refractivity contribution in [1.29, 1.82) is 5.26 Å². The SMILES string of the molecule is COc1ccc(C#N)cc1S(=O)(=O)NCCc1ccc(-c2ccccc2C(=O)O)c(C)c1O. The molecule has 0 spiro atoms. The molecule has 8 nitrogen and oxygen atoms in total. The molecule has 170 valence electrons. The van der Waals surface area contributed by atoms with Gasteiger partial charge in [-0.25, -0.2) is 17.9 Å². The number of carbonyl (C=O) groups is 1. The number of sulfonamides is 1. The van der Waals surface area contributed by atoms with Crippen molar-refractivity contribution < 1.29 is 28.2 Å². The number of carboxylic acid groups (broad SMARTS) is 1. The van der Waals surface area contributed by atoms with Gasteiger partial charge in [-0.15, -0.1) is 0 Å². The Hall–Kier alpha value is -3.87. The van der Waals surface area contributed by atoms with Gasteiger partial charge in [-0.3, -0.25) is 0 Å². The molecule has 3 N–H and O–H groups in total. The zero-order valence-corrected chi connectivity index (χ0v) is 18.8. The van der Waals surface area contributed by atoms with Gasteiger partial charge < -0.3 is 14.9 Å². The van der Waals surface area contributed by atoms with Crippen molar-refractivity contribution in [3.63, 3.8) is 0 Å². The standard InChI is InChI=1S/C24H22N2O6S/c1-15-18(19-5-3-4-6-20(19)24(28)29)9-8-17(23(15)27)11-12-26-33(30,31)22-13-16(14-25)7-10-21(22)32-2/h3-10,13,26-27H,11-12H2,1-2H3,(H,28,29). The predicted octanol–water partition coefficient (Wildman–Crippen LogP) is 3.47. The lowest BCUT2D eigenvalue weighted by Crippen LogP contribution is -2.26. The Morgan fingerprint density at radius 2 is 1.85 bits per heavy atom. The lowest BCUT2D eigenvalue weighted by Gasteiger charge is -2.15. The number of nitrogens with one attached hydrogen (secondary N) is 1. The van der Waals surface area contributed by atoms with Crippen molar-refractivity contribution in [1.82, 2.24) is 4.72 Å². The maximum absolute atomic E-state index is 12.7. The Labute approximate surface area is 191 Å². The van der Waals surface area contributed by atoms with Crippen LogP contribution in [-0.4, -0.2) is 38.3 Å². The summed E-state index contributed by atoms with van der Waals surface area (Å²) in [4.78, 5) is 11.4. The number of ether oxygens (including phenoxy) is 1. The molecular formula is C24H22N2O6S. The van der Waals surface area contributed by atoms with Gasteiger partial charge in [-0.2, -0.15) is 5.26 Å². The van der Waals surface area contributed by atoms with E-state index < -0.39 is 16.0 Å². The van der Waals surface area contributed by atoms with E-state index in [1.807, 2.05) is 6.07 Å². The topological polar surface area (TPSA) is 137 Å². The minimum atomic E-state index is -3.97. The van der Waals surface area contributed by atoms with Crippen molar-refractivity contribution >= 4 is 16.0 Å². The number of phenols is 1. The van der Waals surface area contributed by atoms with E-state index in [1.165, 1.54) is 31.4 Å². The lowest BCUT2D eigenvalue weighted by atomic mass is 9.93. The molecule has 0 saturated carbocycles. The highest BCUT2D eigenvalue weighted by Crippen LogP contribution is 2.34. The molecule has 9 heteroatoms. The molecule has 0 aliphatic carbocycles. The first-order valence-electron chi connectivity index (χ1n) is 9.91. The molecule has 0 bridgehead atoms. The number of methoxy groups -OCH3 is 1. The highest BCUT2D eigenvalue weighted by molar-refractivity contribution is 7.89. The number of hydrogen-bond acceptors (Lipinski definition) is 6. The van der Waals surface area contributed by atoms with Crippen LogP contribution in [-0.2, 0) is 16.4 Å². The van der Waals surface area contributed by atoms with Gasteiger partial charge in [-0.05, 0) is 59.9 Å². The second-order valence-corrected chi connectivity index (χ2v) is 8.96. The van der Waals surface area contributed by atoms with Crippen LogP contribution in [0.25, 0.3) is 11.1 Å². The first-order valence-corrected chi connectivity index (χ1v) is 11.4. The summed E-state index contributed by atoms with van der Waals surface area (Å²) in [5, 5.41) is 29.2. The third kappa shape index (κ3) is 4.98. The van der Waals surface area contributed by atoms with Crippen LogP contribution in [0.1, 0.15) is 27.0 Å². The largest absolute Gasteiger partial charge is 0.507 e. The van der Waals surface area contributed by atoms with E-state index in [4.69, 9.17) is 10.00 Å². The van der Waals surface area contributed by atoms with Gasteiger partial charge in [0.2, 0.25) is 10.0 Å². The molecule has 33 heavy (non-hydrogen) atoms. The second-order valence-electron chi connectivity index (χ2n) is 7.22. The van der Waals surface area contributed by atoms with Crippen LogP contribution >= 0.6 is 0 Å². The number of nitriles is 1. The Bertz CT molecular complexity index is 1360. The summed E-state index contributed by atoms with van der Waals surface area (Å²) >= 11 is 0. The highest BCUT2D eigenvalue weighted by Gasteiger charge is 2.21. The van der Waals surface area contributed by atoms with E-state index in [-0.39, 0.29) is 40.5 Å². The third-order valence-corrected chi connectivity index (χ3v) is 6.71. The Morgan fingerprint density at radius 3 is 2.52 bits per heavy atom. The van der Waals surface area contributed by atoms with Crippen LogP contribution in [0.3, 0.4) is 0 Å². The average molecular weight is 467 g/mol. The number of phenolic OH excluding ortho intramolecular Hbond substituents is 1. The number of aromatic carboxylic acids is 1. The number of carboxylic acids is 1. The number of hydrogen-bond donors (Lipinski definition) is 3. The van der Waals surface area contributed by atoms with Crippen LogP contribution < -0.4 is 9.46 Å². The molecule has 0 radical (unpaired) electrons. The van der Waals surface area contributed by atoms with E-state index >= 15 is 0 Å². The van der Waals surface area contributed by atoms with Gasteiger partial charge in [0, 0.05) is 6.54 Å². The molecule has 0 fully saturated rings. The average Bonchev–Trinajstić information content (AvgIpc) is 2.81. The predicted molar refractivity (Wildman–Crippen MR) is 122 cm³/mol. The normalized spacial score (nSPS) is 11.1. The molecule has 3 rings (SSSR count). The second kappa shape index (κ2) is 9.73. The fraction of sp³-hybridized carbons (Fsp3) is 0.167. The van der Waals surface area contributed by atoms with Gasteiger partial charge in [0.1, 0.15) is 16.4 Å². The number of rotatable bonds is 8. The third-order valence-electron chi connectivity index (χ3n) is 5.23. The summed E-state index contributed by atoms with van der Waals surface area (Å²) in [6.07, 6.45) is 0.188. The maximum Gasteiger partial charge on any atom is 0.336 e. The summed E-state index contributed by atoms with van der Waals surface area (Å²) < 4.78 is 33.1. The van der Waals surface area contributed by atoms with E-state index in [1.54, 1.807) is 37.3 Å². The summed E-state index contributed by atoms with van der Waals surface area (Å²) in [7, 11) is -2.63. The summed E-state index contributed by atoms with van der Waals surface area (Å²) in [5.41, 5.74) is 2.36. The fourth-order valence-corrected chi connectivity index (χ4v) is 4.73. The number of aromatic hydroxyl groups is 1. The Kier molecular flexibility index (Phi) is 7.01. The van der Waals surface area contributed by atoms with Crippen molar-refractivity contribution in [2.24, 2.45) is 0 Å². The summed E-state index contributed by atoms with van der Waals surface area (Å²) in [5.74, 6) is -0.989. The van der Waals surface area contributed by atoms with Crippen LogP contribution in [0.2, 0.25) is 0 Å². The molecule has 0 saturated heterocycles. The minimum absolute atomic E-state index is 0.0136. The molecule has 0 aliphatic rings. The van der Waals surface area contributed by atoms with Crippen LogP contribution in [0.5, 0.6) is 11.5 Å². The van der Waals surface area contributed by atoms with Crippen molar-refractivity contribution in [2.75, 3.05) is 13.7 Å². The summed E-state index contributed by atoms with van der Waals surface area (Å²) in [6.45, 7) is 1.66. The van der Waals surface area contributed by atoms with Crippen molar-refractivity contribution in [2.45, 2.75) is 18.2 Å². The fourth-order valence-electron chi connectivity index (χ4n) is 3.51. The van der Waals surface area contributed by atoms with Crippen LogP contribution in [0, 0.1) is 18.3 Å². The lowest BCUT2D eigenvalue weighted by molar-refractivity contribution is 0.0697. The molecule has 0 amide bonds. The zero-order chi connectivity index (χ0) is 24.2. The van der Waals surface area contributed by atoms with E-state index in [2.05, 4.69) is 4.72 Å². The zero-order valence-electron chi connectivity index (χ0n) is 18.0. The van der Waals surface area contributed by atoms with Gasteiger partial charge in [0.15, 0.2) is 0 Å². The van der Waals surface area contributed by atoms with E-state index in [0.717, 1.165) is 0 Å². The van der Waals surface area contributed by atoms with Gasteiger partial charge in [0.25, 0.3) is 0 Å². The van der Waals surface area contributed by atoms with Crippen LogP contribution in [0.15, 0.2) is 59.5 Å². The molecule has 3 aromatic carbocycles. The van der Waals surface area contributed by atoms with Crippen LogP contribution in [0.4, 0.5) is 0 Å². The summed E-state index contributed by atoms with van der Waals surface area (Å²) in [6, 6.07) is 15.9. The molecule has 3 aromatic rings. The first kappa shape index (κ1) is 23.8. The molecule has 0 unspecified atom stereocenters. The Balaban J connectivity index is 1.82. The number of nitrogens with zero attached hydrogens (tertiary/aromatic N) is 1. The van der Waals surface area contributed by atoms with E-state index in [0.29, 0.717) is 22.3 Å². The smallest absolute Gasteiger partial charge is 0.336 e. The quantitative estimate of drug-likeness (QED) is 0.462. The monoisotopic (exact) mass is 466 g/mol. The van der Waals surface area contributed by atoms with Crippen molar-refractivity contribution in [3.05, 3.63) is 76.9 Å². The number of benzene rings is 3. The maximum atomic E-state index is 12.7. The molecular weight excluding hydrogens is 444 g/mol. The van der Waals surface area contributed by atoms with Gasteiger partial charge in [0.05, 0.1) is 24.3 Å². The van der Waals surface area contributed by atoms with Gasteiger partial charge >= 0.3 is 5.97 Å². The van der Waals surface area contributed by atoms with Gasteiger partial charge in [-0.1, -0.05) is 30.3 Å². The molecule has 0 aliphatic heterocycles. The van der Waals surface area contributed by atoms with E-state index in [9.17, 15) is 23.4 Å². The first-order chi connectivity index (χ1) is 15.7. The highest BCUT2D eigenvalue weighted by atomic mass is 32.2. The molecule has 0 aromatic heterocycles.